The number of benzene rings is 3. The van der Waals surface area contributed by atoms with Gasteiger partial charge >= 0.3 is 0 Å². The molecule has 1 amide bonds. The minimum atomic E-state index is -0.530. The van der Waals surface area contributed by atoms with E-state index in [-0.39, 0.29) is 5.75 Å². The van der Waals surface area contributed by atoms with Crippen LogP contribution < -0.4 is 5.48 Å². The van der Waals surface area contributed by atoms with Gasteiger partial charge in [-0.3, -0.25) is 10.0 Å². The molecule has 4 rings (SSSR count). The maximum atomic E-state index is 11.5. The van der Waals surface area contributed by atoms with Crippen LogP contribution in [-0.2, 0) is 6.54 Å². The van der Waals surface area contributed by atoms with E-state index < -0.39 is 5.91 Å². The van der Waals surface area contributed by atoms with Crippen LogP contribution in [-0.4, -0.2) is 20.8 Å². The minimum absolute atomic E-state index is 0.239. The van der Waals surface area contributed by atoms with E-state index in [0.29, 0.717) is 12.1 Å². The molecule has 29 heavy (non-hydrogen) atoms. The van der Waals surface area contributed by atoms with Crippen LogP contribution in [0.5, 0.6) is 5.75 Å². The fraction of sp³-hybridized carbons (Fsp3) is 0.0417. The van der Waals surface area contributed by atoms with Gasteiger partial charge in [0.2, 0.25) is 0 Å². The normalized spacial score (nSPS) is 10.7. The summed E-state index contributed by atoms with van der Waals surface area (Å²) in [5.74, 6) is -0.291. The van der Waals surface area contributed by atoms with E-state index in [4.69, 9.17) is 5.21 Å². The van der Waals surface area contributed by atoms with Crippen LogP contribution in [0.1, 0.15) is 15.9 Å². The van der Waals surface area contributed by atoms with Crippen molar-refractivity contribution in [3.8, 4) is 28.1 Å². The molecule has 0 atom stereocenters. The molecule has 0 bridgehead atoms. The second-order valence-corrected chi connectivity index (χ2v) is 6.79. The number of hydrogen-bond donors (Lipinski definition) is 3. The zero-order chi connectivity index (χ0) is 20.2. The maximum absolute atomic E-state index is 11.5. The van der Waals surface area contributed by atoms with Crippen LogP contribution in [0, 0.1) is 0 Å². The predicted octanol–water partition coefficient (Wildman–Crippen LogP) is 4.70. The second kappa shape index (κ2) is 8.04. The van der Waals surface area contributed by atoms with Crippen molar-refractivity contribution in [1.29, 1.82) is 0 Å². The molecule has 144 valence electrons. The smallest absolute Gasteiger partial charge is 0.274 e. The minimum Gasteiger partial charge on any atom is -0.508 e. The van der Waals surface area contributed by atoms with Gasteiger partial charge in [-0.15, -0.1) is 0 Å². The first-order valence-corrected chi connectivity index (χ1v) is 9.22. The summed E-state index contributed by atoms with van der Waals surface area (Å²) in [6.07, 6.45) is 2.09. The van der Waals surface area contributed by atoms with Gasteiger partial charge in [-0.1, -0.05) is 54.6 Å². The fourth-order valence-electron chi connectivity index (χ4n) is 3.33. The van der Waals surface area contributed by atoms with Gasteiger partial charge < -0.3 is 9.67 Å². The first-order valence-electron chi connectivity index (χ1n) is 9.22. The molecule has 4 aromatic rings. The summed E-state index contributed by atoms with van der Waals surface area (Å²) < 4.78 is 2.17. The number of phenolic OH excluding ortho intramolecular Hbond substituents is 1. The highest BCUT2D eigenvalue weighted by atomic mass is 16.5. The van der Waals surface area contributed by atoms with Crippen LogP contribution in [0.3, 0.4) is 0 Å². The first kappa shape index (κ1) is 18.5. The Hall–Kier alpha value is -3.83. The van der Waals surface area contributed by atoms with E-state index in [0.717, 1.165) is 27.9 Å². The van der Waals surface area contributed by atoms with E-state index >= 15 is 0 Å². The van der Waals surface area contributed by atoms with Crippen molar-refractivity contribution >= 4 is 5.91 Å². The van der Waals surface area contributed by atoms with Crippen molar-refractivity contribution in [2.75, 3.05) is 0 Å². The monoisotopic (exact) mass is 384 g/mol. The van der Waals surface area contributed by atoms with E-state index in [1.807, 2.05) is 42.5 Å². The molecule has 0 aliphatic heterocycles. The first-order chi connectivity index (χ1) is 14.1. The Morgan fingerprint density at radius 2 is 1.52 bits per heavy atom. The molecular weight excluding hydrogens is 364 g/mol. The third-order valence-corrected chi connectivity index (χ3v) is 4.84. The van der Waals surface area contributed by atoms with E-state index in [1.54, 1.807) is 29.7 Å². The highest BCUT2D eigenvalue weighted by Gasteiger charge is 2.11. The van der Waals surface area contributed by atoms with Gasteiger partial charge in [0.15, 0.2) is 0 Å². The van der Waals surface area contributed by atoms with Crippen molar-refractivity contribution in [3.63, 3.8) is 0 Å². The third-order valence-electron chi connectivity index (χ3n) is 4.84. The van der Waals surface area contributed by atoms with Crippen LogP contribution >= 0.6 is 0 Å². The molecule has 1 aromatic heterocycles. The average molecular weight is 384 g/mol. The number of rotatable bonds is 5. The van der Waals surface area contributed by atoms with Gasteiger partial charge in [0.05, 0.1) is 0 Å². The second-order valence-electron chi connectivity index (χ2n) is 6.79. The van der Waals surface area contributed by atoms with E-state index in [9.17, 15) is 9.90 Å². The largest absolute Gasteiger partial charge is 0.508 e. The molecule has 3 N–H and O–H groups in total. The molecule has 1 heterocycles. The van der Waals surface area contributed by atoms with Crippen LogP contribution in [0.25, 0.3) is 22.4 Å². The average Bonchev–Trinajstić information content (AvgIpc) is 3.18. The van der Waals surface area contributed by atoms with Gasteiger partial charge in [0.1, 0.15) is 5.75 Å². The van der Waals surface area contributed by atoms with Crippen LogP contribution in [0.4, 0.5) is 0 Å². The molecule has 0 fully saturated rings. The number of nitrogens with one attached hydrogen (secondary N) is 1. The summed E-state index contributed by atoms with van der Waals surface area (Å²) in [5.41, 5.74) is 7.33. The highest BCUT2D eigenvalue weighted by Crippen LogP contribution is 2.30. The molecule has 0 radical (unpaired) electrons. The van der Waals surface area contributed by atoms with Gasteiger partial charge in [0.25, 0.3) is 5.91 Å². The highest BCUT2D eigenvalue weighted by molar-refractivity contribution is 5.93. The van der Waals surface area contributed by atoms with Crippen molar-refractivity contribution in [1.82, 2.24) is 10.0 Å². The molecule has 0 saturated carbocycles. The number of carbonyl (C=O) groups excluding carboxylic acids is 1. The summed E-state index contributed by atoms with van der Waals surface area (Å²) in [6, 6.07) is 26.6. The summed E-state index contributed by atoms with van der Waals surface area (Å²) in [5, 5.41) is 18.3. The van der Waals surface area contributed by atoms with Crippen LogP contribution in [0.2, 0.25) is 0 Å². The molecule has 0 aliphatic carbocycles. The Balaban J connectivity index is 1.71. The van der Waals surface area contributed by atoms with Gasteiger partial charge in [0, 0.05) is 24.0 Å². The molecule has 0 spiro atoms. The molecular formula is C24H20N2O3. The molecule has 0 saturated heterocycles. The van der Waals surface area contributed by atoms with Gasteiger partial charge in [-0.25, -0.2) is 5.48 Å². The lowest BCUT2D eigenvalue weighted by atomic mass is 10.1. The number of phenols is 1. The van der Waals surface area contributed by atoms with E-state index in [1.165, 1.54) is 0 Å². The summed E-state index contributed by atoms with van der Waals surface area (Å²) in [6.45, 7) is 0.628. The Bertz CT molecular complexity index is 1120. The van der Waals surface area contributed by atoms with Crippen molar-refractivity contribution < 1.29 is 15.1 Å². The quantitative estimate of drug-likeness (QED) is 0.345. The molecule has 3 aromatic carbocycles. The number of hydrogen-bond acceptors (Lipinski definition) is 3. The Morgan fingerprint density at radius 1 is 0.828 bits per heavy atom. The molecule has 5 heteroatoms. The molecule has 0 aliphatic rings. The number of nitrogens with zero attached hydrogens (tertiary/aromatic N) is 1. The van der Waals surface area contributed by atoms with E-state index in [2.05, 4.69) is 29.0 Å². The lowest BCUT2D eigenvalue weighted by molar-refractivity contribution is 0.0706. The number of carbonyl (C=O) groups is 1. The topological polar surface area (TPSA) is 74.5 Å². The Morgan fingerprint density at radius 3 is 2.17 bits per heavy atom. The van der Waals surface area contributed by atoms with Gasteiger partial charge in [-0.05, 0) is 52.6 Å². The Labute approximate surface area is 168 Å². The molecule has 5 nitrogen and oxygen atoms in total. The zero-order valence-electron chi connectivity index (χ0n) is 15.6. The standard InChI is InChI=1S/C24H20N2O3/c27-22-12-10-18(11-13-22)21-14-23(19-4-2-1-3-5-19)26(16-21)15-17-6-8-20(9-7-17)24(28)25-29/h1-14,16,27,29H,15H2,(H,25,28). The lowest BCUT2D eigenvalue weighted by Gasteiger charge is -2.10. The third kappa shape index (κ3) is 4.05. The lowest BCUT2D eigenvalue weighted by Crippen LogP contribution is -2.18. The number of aromatic nitrogens is 1. The van der Waals surface area contributed by atoms with Crippen LogP contribution in [0.15, 0.2) is 91.1 Å². The number of hydroxylamine groups is 1. The van der Waals surface area contributed by atoms with Crippen molar-refractivity contribution in [3.05, 3.63) is 102 Å². The SMILES string of the molecule is O=C(NO)c1ccc(Cn2cc(-c3ccc(O)cc3)cc2-c2ccccc2)cc1. The summed E-state index contributed by atoms with van der Waals surface area (Å²) >= 11 is 0. The van der Waals surface area contributed by atoms with Gasteiger partial charge in [-0.2, -0.15) is 0 Å². The fourth-order valence-corrected chi connectivity index (χ4v) is 3.33. The number of amides is 1. The zero-order valence-corrected chi connectivity index (χ0v) is 15.6. The maximum Gasteiger partial charge on any atom is 0.274 e. The summed E-state index contributed by atoms with van der Waals surface area (Å²) in [7, 11) is 0. The number of aromatic hydroxyl groups is 1. The van der Waals surface area contributed by atoms with Crippen molar-refractivity contribution in [2.45, 2.75) is 6.54 Å². The Kier molecular flexibility index (Phi) is 5.14. The molecule has 0 unspecified atom stereocenters. The predicted molar refractivity (Wildman–Crippen MR) is 112 cm³/mol. The van der Waals surface area contributed by atoms with Crippen molar-refractivity contribution in [2.24, 2.45) is 0 Å². The summed E-state index contributed by atoms with van der Waals surface area (Å²) in [4.78, 5) is 11.5.